The lowest BCUT2D eigenvalue weighted by molar-refractivity contribution is 0.0498. The molecule has 1 N–H and O–H groups in total. The number of aromatic nitrogens is 1. The van der Waals surface area contributed by atoms with Crippen LogP contribution in [0.2, 0.25) is 0 Å². The summed E-state index contributed by atoms with van der Waals surface area (Å²) in [4.78, 5) is 4.24. The maximum atomic E-state index is 10.0. The first kappa shape index (κ1) is 8.70. The van der Waals surface area contributed by atoms with Crippen LogP contribution in [0.4, 0.5) is 0 Å². The number of hydrogen-bond acceptors (Lipinski definition) is 2. The smallest absolute Gasteiger partial charge is 0.102 e. The fourth-order valence-electron chi connectivity index (χ4n) is 2.01. The van der Waals surface area contributed by atoms with Crippen molar-refractivity contribution in [1.82, 2.24) is 4.98 Å². The Labute approximate surface area is 78.6 Å². The highest BCUT2D eigenvalue weighted by atomic mass is 16.3. The van der Waals surface area contributed by atoms with Crippen molar-refractivity contribution in [1.29, 1.82) is 0 Å². The molecular weight excluding hydrogens is 162 g/mol. The third kappa shape index (κ3) is 1.02. The van der Waals surface area contributed by atoms with Crippen LogP contribution in [0.1, 0.15) is 44.1 Å². The lowest BCUT2D eigenvalue weighted by Gasteiger charge is -2.27. The molecule has 1 aromatic rings. The first-order valence-electron chi connectivity index (χ1n) is 4.68. The Hall–Kier alpha value is -0.890. The van der Waals surface area contributed by atoms with Gasteiger partial charge in [-0.05, 0) is 17.5 Å². The summed E-state index contributed by atoms with van der Waals surface area (Å²) in [6.45, 7) is 6.32. The maximum absolute atomic E-state index is 10.0. The Morgan fingerprint density at radius 2 is 2.15 bits per heavy atom. The molecule has 0 amide bonds. The van der Waals surface area contributed by atoms with Gasteiger partial charge in [-0.25, -0.2) is 0 Å². The van der Waals surface area contributed by atoms with E-state index >= 15 is 0 Å². The number of aliphatic hydroxyl groups is 1. The average Bonchev–Trinajstić information content (AvgIpc) is 2.30. The number of hydrogen-bond donors (Lipinski definition) is 1. The molecule has 0 spiro atoms. The van der Waals surface area contributed by atoms with E-state index in [0.29, 0.717) is 5.92 Å². The van der Waals surface area contributed by atoms with E-state index in [9.17, 15) is 5.11 Å². The van der Waals surface area contributed by atoms with Gasteiger partial charge in [-0.2, -0.15) is 0 Å². The van der Waals surface area contributed by atoms with Crippen LogP contribution in [0.5, 0.6) is 0 Å². The van der Waals surface area contributed by atoms with Crippen LogP contribution >= 0.6 is 0 Å². The second-order valence-corrected chi connectivity index (χ2v) is 4.42. The summed E-state index contributed by atoms with van der Waals surface area (Å²) in [6, 6.07) is 3.99. The minimum absolute atomic E-state index is 0.0866. The lowest BCUT2D eigenvalue weighted by Crippen LogP contribution is -2.20. The van der Waals surface area contributed by atoms with Crippen LogP contribution in [-0.2, 0) is 0 Å². The van der Waals surface area contributed by atoms with E-state index in [1.165, 1.54) is 5.56 Å². The predicted octanol–water partition coefficient (Wildman–Crippen LogP) is 2.26. The van der Waals surface area contributed by atoms with Crippen molar-refractivity contribution in [3.05, 3.63) is 29.6 Å². The quantitative estimate of drug-likeness (QED) is 0.659. The van der Waals surface area contributed by atoms with Gasteiger partial charge in [-0.3, -0.25) is 4.98 Å². The van der Waals surface area contributed by atoms with E-state index < -0.39 is 6.10 Å². The third-order valence-electron chi connectivity index (χ3n) is 3.42. The van der Waals surface area contributed by atoms with Gasteiger partial charge in [0.2, 0.25) is 0 Å². The standard InChI is InChI=1S/C11H15NO/c1-7-8-5-4-6-12-9(8)10(13)11(7,2)3/h4-7,10,13H,1-3H3. The average molecular weight is 177 g/mol. The number of rotatable bonds is 0. The Kier molecular flexibility index (Phi) is 1.70. The molecular formula is C11H15NO. The molecule has 1 aliphatic carbocycles. The number of nitrogens with zero attached hydrogens (tertiary/aromatic N) is 1. The lowest BCUT2D eigenvalue weighted by atomic mass is 9.80. The van der Waals surface area contributed by atoms with Crippen LogP contribution in [0, 0.1) is 5.41 Å². The third-order valence-corrected chi connectivity index (χ3v) is 3.42. The molecule has 2 heteroatoms. The Balaban J connectivity index is 2.57. The normalized spacial score (nSPS) is 30.2. The van der Waals surface area contributed by atoms with E-state index in [1.807, 2.05) is 6.07 Å². The SMILES string of the molecule is CC1c2cccnc2C(O)C1(C)C. The molecule has 0 radical (unpaired) electrons. The maximum Gasteiger partial charge on any atom is 0.102 e. The van der Waals surface area contributed by atoms with E-state index in [1.54, 1.807) is 6.20 Å². The fraction of sp³-hybridized carbons (Fsp3) is 0.545. The summed E-state index contributed by atoms with van der Waals surface area (Å²) in [5.41, 5.74) is 1.97. The highest BCUT2D eigenvalue weighted by molar-refractivity contribution is 5.34. The molecule has 0 bridgehead atoms. The topological polar surface area (TPSA) is 33.1 Å². The summed E-state index contributed by atoms with van der Waals surface area (Å²) in [5.74, 6) is 0.381. The predicted molar refractivity (Wildman–Crippen MR) is 51.4 cm³/mol. The minimum Gasteiger partial charge on any atom is -0.386 e. The van der Waals surface area contributed by atoms with Crippen molar-refractivity contribution in [2.24, 2.45) is 5.41 Å². The molecule has 1 aromatic heterocycles. The Morgan fingerprint density at radius 1 is 1.46 bits per heavy atom. The van der Waals surface area contributed by atoms with Gasteiger partial charge in [-0.15, -0.1) is 0 Å². The van der Waals surface area contributed by atoms with Crippen molar-refractivity contribution in [2.75, 3.05) is 0 Å². The van der Waals surface area contributed by atoms with Crippen molar-refractivity contribution >= 4 is 0 Å². The van der Waals surface area contributed by atoms with Crippen molar-refractivity contribution in [3.8, 4) is 0 Å². The summed E-state index contributed by atoms with van der Waals surface area (Å²) in [5, 5.41) is 10.0. The number of fused-ring (bicyclic) bond motifs is 1. The minimum atomic E-state index is -0.418. The van der Waals surface area contributed by atoms with Crippen LogP contribution in [0.3, 0.4) is 0 Å². The van der Waals surface area contributed by atoms with Gasteiger partial charge in [0.15, 0.2) is 0 Å². The first-order valence-corrected chi connectivity index (χ1v) is 4.68. The van der Waals surface area contributed by atoms with Gasteiger partial charge < -0.3 is 5.11 Å². The first-order chi connectivity index (χ1) is 6.05. The highest BCUT2D eigenvalue weighted by Gasteiger charge is 2.44. The highest BCUT2D eigenvalue weighted by Crippen LogP contribution is 2.52. The molecule has 0 fully saturated rings. The molecule has 13 heavy (non-hydrogen) atoms. The summed E-state index contributed by atoms with van der Waals surface area (Å²) < 4.78 is 0. The van der Waals surface area contributed by atoms with Gasteiger partial charge in [0.25, 0.3) is 0 Å². The molecule has 0 saturated heterocycles. The molecule has 1 heterocycles. The molecule has 1 aliphatic rings. The summed E-state index contributed by atoms with van der Waals surface area (Å²) in [7, 11) is 0. The van der Waals surface area contributed by atoms with Gasteiger partial charge in [0.1, 0.15) is 6.10 Å². The van der Waals surface area contributed by atoms with E-state index in [2.05, 4.69) is 31.8 Å². The zero-order valence-electron chi connectivity index (χ0n) is 8.28. The largest absolute Gasteiger partial charge is 0.386 e. The Morgan fingerprint density at radius 3 is 2.77 bits per heavy atom. The second-order valence-electron chi connectivity index (χ2n) is 4.42. The van der Waals surface area contributed by atoms with Crippen LogP contribution in [0.15, 0.2) is 18.3 Å². The molecule has 2 nitrogen and oxygen atoms in total. The van der Waals surface area contributed by atoms with Crippen LogP contribution in [-0.4, -0.2) is 10.1 Å². The second kappa shape index (κ2) is 2.55. The van der Waals surface area contributed by atoms with Gasteiger partial charge in [0.05, 0.1) is 5.69 Å². The molecule has 0 aliphatic heterocycles. The monoisotopic (exact) mass is 177 g/mol. The van der Waals surface area contributed by atoms with E-state index in [-0.39, 0.29) is 5.41 Å². The molecule has 70 valence electrons. The molecule has 2 atom stereocenters. The van der Waals surface area contributed by atoms with Gasteiger partial charge in [0, 0.05) is 11.6 Å². The van der Waals surface area contributed by atoms with Gasteiger partial charge >= 0.3 is 0 Å². The van der Waals surface area contributed by atoms with Crippen LogP contribution in [0.25, 0.3) is 0 Å². The number of aliphatic hydroxyl groups excluding tert-OH is 1. The molecule has 0 saturated carbocycles. The Bertz CT molecular complexity index is 302. The summed E-state index contributed by atoms with van der Waals surface area (Å²) >= 11 is 0. The van der Waals surface area contributed by atoms with E-state index in [0.717, 1.165) is 5.69 Å². The van der Waals surface area contributed by atoms with Crippen molar-refractivity contribution < 1.29 is 5.11 Å². The summed E-state index contributed by atoms with van der Waals surface area (Å²) in [6.07, 6.45) is 1.33. The fourth-order valence-corrected chi connectivity index (χ4v) is 2.01. The zero-order valence-corrected chi connectivity index (χ0v) is 8.28. The zero-order chi connectivity index (χ0) is 9.64. The van der Waals surface area contributed by atoms with Crippen LogP contribution < -0.4 is 0 Å². The van der Waals surface area contributed by atoms with Crippen molar-refractivity contribution in [3.63, 3.8) is 0 Å². The van der Waals surface area contributed by atoms with Gasteiger partial charge in [-0.1, -0.05) is 26.8 Å². The van der Waals surface area contributed by atoms with E-state index in [4.69, 9.17) is 0 Å². The molecule has 2 unspecified atom stereocenters. The molecule has 0 aromatic carbocycles. The van der Waals surface area contributed by atoms with Crippen molar-refractivity contribution in [2.45, 2.75) is 32.8 Å². The number of pyridine rings is 1. The molecule has 2 rings (SSSR count).